The summed E-state index contributed by atoms with van der Waals surface area (Å²) >= 11 is 5.27. The topological polar surface area (TPSA) is 12.0 Å². The van der Waals surface area contributed by atoms with Crippen molar-refractivity contribution in [3.05, 3.63) is 55.4 Å². The number of thiophene rings is 1. The first-order valence-electron chi connectivity index (χ1n) is 6.89. The molecular formula is C16H17BrFNS. The number of halogens is 2. The molecule has 1 aliphatic carbocycles. The SMILES string of the molecule is CNC(Cc1cc(F)cc(Br)c1)c1cc2c(s1)CCC2. The fraction of sp³-hybridized carbons (Fsp3) is 0.375. The van der Waals surface area contributed by atoms with E-state index in [1.54, 1.807) is 10.9 Å². The summed E-state index contributed by atoms with van der Waals surface area (Å²) in [7, 11) is 1.98. The summed E-state index contributed by atoms with van der Waals surface area (Å²) in [6.45, 7) is 0. The van der Waals surface area contributed by atoms with Gasteiger partial charge in [0.05, 0.1) is 0 Å². The Morgan fingerprint density at radius 3 is 2.85 bits per heavy atom. The molecule has 1 aromatic carbocycles. The third kappa shape index (κ3) is 2.97. The van der Waals surface area contributed by atoms with E-state index in [2.05, 4.69) is 27.3 Å². The third-order valence-corrected chi connectivity index (χ3v) is 5.63. The molecule has 1 aliphatic rings. The van der Waals surface area contributed by atoms with Crippen molar-refractivity contribution in [2.45, 2.75) is 31.7 Å². The summed E-state index contributed by atoms with van der Waals surface area (Å²) in [4.78, 5) is 2.92. The summed E-state index contributed by atoms with van der Waals surface area (Å²) < 4.78 is 14.3. The largest absolute Gasteiger partial charge is 0.312 e. The Labute approximate surface area is 131 Å². The zero-order chi connectivity index (χ0) is 14.1. The van der Waals surface area contributed by atoms with Crippen molar-refractivity contribution in [2.75, 3.05) is 7.05 Å². The van der Waals surface area contributed by atoms with E-state index in [4.69, 9.17) is 0 Å². The van der Waals surface area contributed by atoms with Crippen molar-refractivity contribution in [1.82, 2.24) is 5.32 Å². The van der Waals surface area contributed by atoms with E-state index in [-0.39, 0.29) is 11.9 Å². The number of hydrogen-bond acceptors (Lipinski definition) is 2. The van der Waals surface area contributed by atoms with Gasteiger partial charge in [0.15, 0.2) is 0 Å². The monoisotopic (exact) mass is 353 g/mol. The van der Waals surface area contributed by atoms with Gasteiger partial charge >= 0.3 is 0 Å². The Morgan fingerprint density at radius 1 is 1.30 bits per heavy atom. The highest BCUT2D eigenvalue weighted by atomic mass is 79.9. The molecule has 1 heterocycles. The van der Waals surface area contributed by atoms with Gasteiger partial charge in [0.2, 0.25) is 0 Å². The number of aryl methyl sites for hydroxylation is 2. The molecular weight excluding hydrogens is 337 g/mol. The van der Waals surface area contributed by atoms with Gasteiger partial charge in [-0.2, -0.15) is 0 Å². The van der Waals surface area contributed by atoms with Crippen LogP contribution >= 0.6 is 27.3 Å². The fourth-order valence-corrected chi connectivity index (χ4v) is 4.71. The van der Waals surface area contributed by atoms with E-state index < -0.39 is 0 Å². The minimum absolute atomic E-state index is 0.182. The van der Waals surface area contributed by atoms with Crippen LogP contribution in [0.2, 0.25) is 0 Å². The Morgan fingerprint density at radius 2 is 2.15 bits per heavy atom. The molecule has 1 unspecified atom stereocenters. The lowest BCUT2D eigenvalue weighted by atomic mass is 10.0. The molecule has 1 N–H and O–H groups in total. The number of nitrogens with one attached hydrogen (secondary N) is 1. The van der Waals surface area contributed by atoms with Gasteiger partial charge in [0.25, 0.3) is 0 Å². The van der Waals surface area contributed by atoms with Crippen molar-refractivity contribution in [3.63, 3.8) is 0 Å². The predicted octanol–water partition coefficient (Wildman–Crippen LogP) is 4.64. The van der Waals surface area contributed by atoms with Gasteiger partial charge in [-0.25, -0.2) is 4.39 Å². The molecule has 0 bridgehead atoms. The van der Waals surface area contributed by atoms with Crippen LogP contribution in [0.1, 0.15) is 33.3 Å². The third-order valence-electron chi connectivity index (χ3n) is 3.82. The smallest absolute Gasteiger partial charge is 0.124 e. The van der Waals surface area contributed by atoms with Crippen LogP contribution in [0.15, 0.2) is 28.7 Å². The predicted molar refractivity (Wildman–Crippen MR) is 85.9 cm³/mol. The standard InChI is InChI=1S/C16H17BrFNS/c1-19-14(7-10-5-12(17)9-13(18)6-10)16-8-11-3-2-4-15(11)20-16/h5-6,8-9,14,19H,2-4,7H2,1H3. The summed E-state index contributed by atoms with van der Waals surface area (Å²) in [6, 6.07) is 7.71. The second kappa shape index (κ2) is 5.96. The van der Waals surface area contributed by atoms with Crippen LogP contribution in [0, 0.1) is 5.82 Å². The first-order chi connectivity index (χ1) is 9.65. The van der Waals surface area contributed by atoms with Gasteiger partial charge in [0, 0.05) is 20.3 Å². The van der Waals surface area contributed by atoms with Crippen LogP contribution in [-0.2, 0) is 19.3 Å². The zero-order valence-corrected chi connectivity index (χ0v) is 13.8. The summed E-state index contributed by atoms with van der Waals surface area (Å²) in [5.41, 5.74) is 2.54. The van der Waals surface area contributed by atoms with E-state index in [0.29, 0.717) is 0 Å². The van der Waals surface area contributed by atoms with Crippen LogP contribution in [0.5, 0.6) is 0 Å². The van der Waals surface area contributed by atoms with E-state index >= 15 is 0 Å². The molecule has 0 spiro atoms. The van der Waals surface area contributed by atoms with E-state index in [1.807, 2.05) is 24.5 Å². The quantitative estimate of drug-likeness (QED) is 0.843. The Bertz CT molecular complexity index is 581. The molecule has 0 amide bonds. The van der Waals surface area contributed by atoms with Crippen LogP contribution in [0.3, 0.4) is 0 Å². The molecule has 4 heteroatoms. The molecule has 0 saturated heterocycles. The van der Waals surface area contributed by atoms with Crippen molar-refractivity contribution in [1.29, 1.82) is 0 Å². The number of benzene rings is 1. The number of likely N-dealkylation sites (N-methyl/N-ethyl adjacent to an activating group) is 1. The average molecular weight is 354 g/mol. The van der Waals surface area contributed by atoms with E-state index in [0.717, 1.165) is 16.5 Å². The van der Waals surface area contributed by atoms with E-state index in [1.165, 1.54) is 35.8 Å². The van der Waals surface area contributed by atoms with Crippen LogP contribution < -0.4 is 5.32 Å². The van der Waals surface area contributed by atoms with Gasteiger partial charge in [-0.05, 0) is 68.1 Å². The lowest BCUT2D eigenvalue weighted by molar-refractivity contribution is 0.591. The van der Waals surface area contributed by atoms with E-state index in [9.17, 15) is 4.39 Å². The first kappa shape index (κ1) is 14.2. The average Bonchev–Trinajstić information content (AvgIpc) is 2.95. The number of fused-ring (bicyclic) bond motifs is 1. The maximum atomic E-state index is 13.5. The second-order valence-electron chi connectivity index (χ2n) is 5.27. The van der Waals surface area contributed by atoms with Crippen molar-refractivity contribution >= 4 is 27.3 Å². The molecule has 106 valence electrons. The summed E-state index contributed by atoms with van der Waals surface area (Å²) in [5.74, 6) is -0.182. The molecule has 0 radical (unpaired) electrons. The molecule has 0 saturated carbocycles. The lowest BCUT2D eigenvalue weighted by Gasteiger charge is -2.15. The van der Waals surface area contributed by atoms with Crippen LogP contribution in [0.25, 0.3) is 0 Å². The van der Waals surface area contributed by atoms with Crippen molar-refractivity contribution in [3.8, 4) is 0 Å². The Balaban J connectivity index is 1.82. The molecule has 3 rings (SSSR count). The summed E-state index contributed by atoms with van der Waals surface area (Å²) in [5, 5.41) is 3.37. The number of rotatable bonds is 4. The van der Waals surface area contributed by atoms with Crippen molar-refractivity contribution in [2.24, 2.45) is 0 Å². The molecule has 20 heavy (non-hydrogen) atoms. The normalized spacial score (nSPS) is 15.3. The van der Waals surface area contributed by atoms with Crippen molar-refractivity contribution < 1.29 is 4.39 Å². The van der Waals surface area contributed by atoms with Gasteiger partial charge in [-0.3, -0.25) is 0 Å². The molecule has 0 aliphatic heterocycles. The second-order valence-corrected chi connectivity index (χ2v) is 7.36. The summed E-state index contributed by atoms with van der Waals surface area (Å²) in [6.07, 6.45) is 4.55. The van der Waals surface area contributed by atoms with Crippen LogP contribution in [0.4, 0.5) is 4.39 Å². The lowest BCUT2D eigenvalue weighted by Crippen LogP contribution is -2.17. The molecule has 0 fully saturated rings. The van der Waals surface area contributed by atoms with Crippen LogP contribution in [-0.4, -0.2) is 7.05 Å². The maximum Gasteiger partial charge on any atom is 0.124 e. The molecule has 2 aromatic rings. The minimum atomic E-state index is -0.182. The van der Waals surface area contributed by atoms with Gasteiger partial charge in [0.1, 0.15) is 5.82 Å². The molecule has 1 aromatic heterocycles. The van der Waals surface area contributed by atoms with Gasteiger partial charge < -0.3 is 5.32 Å². The Hall–Kier alpha value is -0.710. The highest BCUT2D eigenvalue weighted by molar-refractivity contribution is 9.10. The zero-order valence-electron chi connectivity index (χ0n) is 11.4. The Kier molecular flexibility index (Phi) is 4.24. The highest BCUT2D eigenvalue weighted by Crippen LogP contribution is 2.35. The molecule has 1 nitrogen and oxygen atoms in total. The molecule has 1 atom stereocenters. The van der Waals surface area contributed by atoms with Gasteiger partial charge in [-0.1, -0.05) is 15.9 Å². The number of hydrogen-bond donors (Lipinski definition) is 1. The maximum absolute atomic E-state index is 13.5. The highest BCUT2D eigenvalue weighted by Gasteiger charge is 2.19. The van der Waals surface area contributed by atoms with Gasteiger partial charge in [-0.15, -0.1) is 11.3 Å². The fourth-order valence-electron chi connectivity index (χ4n) is 2.83. The minimum Gasteiger partial charge on any atom is -0.312 e. The first-order valence-corrected chi connectivity index (χ1v) is 8.50.